The van der Waals surface area contributed by atoms with Crippen LogP contribution in [0.2, 0.25) is 0 Å². The number of aromatic amines is 1. The minimum atomic E-state index is -0.879. The molecule has 3 aromatic rings. The van der Waals surface area contributed by atoms with Crippen molar-refractivity contribution in [2.24, 2.45) is 0 Å². The second-order valence-corrected chi connectivity index (χ2v) is 6.02. The zero-order valence-electron chi connectivity index (χ0n) is 14.8. The van der Waals surface area contributed by atoms with Gasteiger partial charge in [0.25, 0.3) is 0 Å². The van der Waals surface area contributed by atoms with Crippen molar-refractivity contribution in [1.82, 2.24) is 10.3 Å². The monoisotopic (exact) mass is 354 g/mol. The van der Waals surface area contributed by atoms with E-state index in [1.807, 2.05) is 48.7 Å². The Morgan fingerprint density at radius 3 is 2.65 bits per heavy atom. The smallest absolute Gasteiger partial charge is 0.321 e. The first-order chi connectivity index (χ1) is 12.6. The minimum Gasteiger partial charge on any atom is -0.493 e. The molecule has 3 rings (SSSR count). The quantitative estimate of drug-likeness (QED) is 0.579. The molecule has 3 N–H and O–H groups in total. The second-order valence-electron chi connectivity index (χ2n) is 6.02. The van der Waals surface area contributed by atoms with Crippen molar-refractivity contribution >= 4 is 16.9 Å². The highest BCUT2D eigenvalue weighted by Gasteiger charge is 2.19. The average Bonchev–Trinajstić information content (AvgIpc) is 3.07. The summed E-state index contributed by atoms with van der Waals surface area (Å²) in [6.07, 6.45) is 2.27. The van der Waals surface area contributed by atoms with Crippen molar-refractivity contribution in [2.45, 2.75) is 19.0 Å². The van der Waals surface area contributed by atoms with Crippen LogP contribution in [0.25, 0.3) is 10.9 Å². The number of hydrogen-bond donors (Lipinski definition) is 3. The maximum absolute atomic E-state index is 11.7. The summed E-state index contributed by atoms with van der Waals surface area (Å²) in [6.45, 7) is 0.416. The maximum atomic E-state index is 11.7. The van der Waals surface area contributed by atoms with E-state index in [1.54, 1.807) is 14.2 Å². The molecule has 0 unspecified atom stereocenters. The lowest BCUT2D eigenvalue weighted by atomic mass is 10.0. The van der Waals surface area contributed by atoms with Crippen LogP contribution in [0.1, 0.15) is 11.1 Å². The largest absolute Gasteiger partial charge is 0.493 e. The molecule has 0 aliphatic carbocycles. The minimum absolute atomic E-state index is 0.395. The number of ether oxygens (including phenoxy) is 2. The Hall–Kier alpha value is -2.99. The molecule has 0 aliphatic rings. The number of carboxylic acids is 1. The summed E-state index contributed by atoms with van der Waals surface area (Å²) in [6, 6.07) is 12.7. The van der Waals surface area contributed by atoms with Crippen molar-refractivity contribution in [3.8, 4) is 11.5 Å². The predicted octanol–water partition coefficient (Wildman–Crippen LogP) is 2.97. The Morgan fingerprint density at radius 2 is 1.92 bits per heavy atom. The molecule has 0 amide bonds. The van der Waals surface area contributed by atoms with Gasteiger partial charge in [0.05, 0.1) is 14.2 Å². The highest BCUT2D eigenvalue weighted by molar-refractivity contribution is 5.84. The third kappa shape index (κ3) is 3.81. The Balaban J connectivity index is 1.72. The summed E-state index contributed by atoms with van der Waals surface area (Å²) < 4.78 is 10.5. The first-order valence-electron chi connectivity index (χ1n) is 8.34. The maximum Gasteiger partial charge on any atom is 0.321 e. The van der Waals surface area contributed by atoms with Crippen LogP contribution in [-0.4, -0.2) is 36.3 Å². The van der Waals surface area contributed by atoms with E-state index in [9.17, 15) is 9.90 Å². The molecule has 26 heavy (non-hydrogen) atoms. The molecule has 0 spiro atoms. The molecule has 136 valence electrons. The van der Waals surface area contributed by atoms with Gasteiger partial charge in [0.15, 0.2) is 11.5 Å². The van der Waals surface area contributed by atoms with E-state index in [0.29, 0.717) is 24.5 Å². The first kappa shape index (κ1) is 17.8. The fourth-order valence-electron chi connectivity index (χ4n) is 3.00. The van der Waals surface area contributed by atoms with Crippen molar-refractivity contribution in [3.63, 3.8) is 0 Å². The fourth-order valence-corrected chi connectivity index (χ4v) is 3.00. The third-order valence-corrected chi connectivity index (χ3v) is 4.40. The number of benzene rings is 2. The Kier molecular flexibility index (Phi) is 5.43. The standard InChI is InChI=1S/C20H22N2O4/c1-25-18-8-7-13(9-19(18)26-2)11-21-17(20(23)24)10-14-12-22-16-6-4-3-5-15(14)16/h3-9,12,17,21-22H,10-11H2,1-2H3,(H,23,24)/t17-/m1/s1. The number of rotatable bonds is 8. The summed E-state index contributed by atoms with van der Waals surface area (Å²) in [5, 5.41) is 13.8. The molecule has 0 saturated heterocycles. The molecule has 6 nitrogen and oxygen atoms in total. The van der Waals surface area contributed by atoms with Crippen LogP contribution in [0.5, 0.6) is 11.5 Å². The first-order valence-corrected chi connectivity index (χ1v) is 8.34. The average molecular weight is 354 g/mol. The number of nitrogens with one attached hydrogen (secondary N) is 2. The van der Waals surface area contributed by atoms with Crippen molar-refractivity contribution in [3.05, 3.63) is 59.8 Å². The highest BCUT2D eigenvalue weighted by atomic mass is 16.5. The van der Waals surface area contributed by atoms with Gasteiger partial charge in [0.2, 0.25) is 0 Å². The van der Waals surface area contributed by atoms with E-state index in [-0.39, 0.29) is 0 Å². The summed E-state index contributed by atoms with van der Waals surface area (Å²) >= 11 is 0. The molecule has 1 atom stereocenters. The molecule has 6 heteroatoms. The van der Waals surface area contributed by atoms with Crippen molar-refractivity contribution < 1.29 is 19.4 Å². The number of hydrogen-bond acceptors (Lipinski definition) is 4. The number of para-hydroxylation sites is 1. The number of carboxylic acid groups (broad SMARTS) is 1. The number of aromatic nitrogens is 1. The molecule has 0 bridgehead atoms. The van der Waals surface area contributed by atoms with Crippen molar-refractivity contribution in [1.29, 1.82) is 0 Å². The molecule has 0 fully saturated rings. The normalized spacial score (nSPS) is 12.1. The van der Waals surface area contributed by atoms with Gasteiger partial charge >= 0.3 is 5.97 Å². The lowest BCUT2D eigenvalue weighted by Crippen LogP contribution is -2.38. The van der Waals surface area contributed by atoms with Crippen molar-refractivity contribution in [2.75, 3.05) is 14.2 Å². The van der Waals surface area contributed by atoms with E-state index < -0.39 is 12.0 Å². The Bertz CT molecular complexity index is 904. The van der Waals surface area contributed by atoms with Crippen LogP contribution < -0.4 is 14.8 Å². The highest BCUT2D eigenvalue weighted by Crippen LogP contribution is 2.27. The summed E-state index contributed by atoms with van der Waals surface area (Å²) in [5.41, 5.74) is 2.91. The molecule has 1 heterocycles. The van der Waals surface area contributed by atoms with Crippen LogP contribution >= 0.6 is 0 Å². The Morgan fingerprint density at radius 1 is 1.15 bits per heavy atom. The fraction of sp³-hybridized carbons (Fsp3) is 0.250. The zero-order valence-corrected chi connectivity index (χ0v) is 14.8. The number of aliphatic carboxylic acids is 1. The van der Waals surface area contributed by atoms with Crippen LogP contribution in [0, 0.1) is 0 Å². The number of fused-ring (bicyclic) bond motifs is 1. The van der Waals surface area contributed by atoms with Gasteiger partial charge in [-0.25, -0.2) is 0 Å². The van der Waals surface area contributed by atoms with Gasteiger partial charge in [0.1, 0.15) is 6.04 Å². The SMILES string of the molecule is COc1ccc(CN[C@H](Cc2c[nH]c3ccccc23)C(=O)O)cc1OC. The van der Waals surface area contributed by atoms with E-state index in [0.717, 1.165) is 22.0 Å². The lowest BCUT2D eigenvalue weighted by molar-refractivity contribution is -0.139. The van der Waals surface area contributed by atoms with Crippen LogP contribution in [-0.2, 0) is 17.8 Å². The van der Waals surface area contributed by atoms with Crippen LogP contribution in [0.4, 0.5) is 0 Å². The molecule has 0 saturated carbocycles. The molecular weight excluding hydrogens is 332 g/mol. The topological polar surface area (TPSA) is 83.6 Å². The van der Waals surface area contributed by atoms with Gasteiger partial charge in [-0.3, -0.25) is 4.79 Å². The zero-order chi connectivity index (χ0) is 18.5. The number of methoxy groups -OCH3 is 2. The van der Waals surface area contributed by atoms with Gasteiger partial charge in [-0.05, 0) is 29.3 Å². The van der Waals surface area contributed by atoms with Gasteiger partial charge in [-0.1, -0.05) is 24.3 Å². The molecule has 2 aromatic carbocycles. The molecule has 0 radical (unpaired) electrons. The summed E-state index contributed by atoms with van der Waals surface area (Å²) in [7, 11) is 3.16. The van der Waals surface area contributed by atoms with Gasteiger partial charge in [-0.2, -0.15) is 0 Å². The van der Waals surface area contributed by atoms with Gasteiger partial charge < -0.3 is 24.9 Å². The van der Waals surface area contributed by atoms with Gasteiger partial charge in [0, 0.05) is 30.1 Å². The summed E-state index contributed by atoms with van der Waals surface area (Å²) in [5.74, 6) is 0.385. The number of H-pyrrole nitrogens is 1. The van der Waals surface area contributed by atoms with Gasteiger partial charge in [-0.15, -0.1) is 0 Å². The van der Waals surface area contributed by atoms with Crippen LogP contribution in [0.15, 0.2) is 48.7 Å². The van der Waals surface area contributed by atoms with E-state index >= 15 is 0 Å². The van der Waals surface area contributed by atoms with E-state index in [2.05, 4.69) is 10.3 Å². The Labute approximate surface area is 151 Å². The second kappa shape index (κ2) is 7.93. The lowest BCUT2D eigenvalue weighted by Gasteiger charge is -2.15. The molecule has 1 aromatic heterocycles. The third-order valence-electron chi connectivity index (χ3n) is 4.40. The predicted molar refractivity (Wildman–Crippen MR) is 99.8 cm³/mol. The molecule has 0 aliphatic heterocycles. The molecular formula is C20H22N2O4. The summed E-state index contributed by atoms with van der Waals surface area (Å²) in [4.78, 5) is 14.9. The van der Waals surface area contributed by atoms with E-state index in [1.165, 1.54) is 0 Å². The number of carbonyl (C=O) groups is 1. The van der Waals surface area contributed by atoms with Crippen LogP contribution in [0.3, 0.4) is 0 Å². The van der Waals surface area contributed by atoms with E-state index in [4.69, 9.17) is 9.47 Å².